The van der Waals surface area contributed by atoms with Gasteiger partial charge in [0.15, 0.2) is 11.5 Å². The second-order valence-corrected chi connectivity index (χ2v) is 6.57. The molecule has 0 aliphatic rings. The van der Waals surface area contributed by atoms with Crippen LogP contribution in [0.15, 0.2) is 48.5 Å². The Morgan fingerprint density at radius 1 is 0.963 bits per heavy atom. The summed E-state index contributed by atoms with van der Waals surface area (Å²) in [7, 11) is 3.24. The zero-order valence-electron chi connectivity index (χ0n) is 16.3. The van der Waals surface area contributed by atoms with E-state index in [4.69, 9.17) is 9.47 Å². The van der Waals surface area contributed by atoms with Crippen LogP contribution in [0.5, 0.6) is 11.5 Å². The minimum atomic E-state index is -0.0677. The van der Waals surface area contributed by atoms with Gasteiger partial charge in [0.2, 0.25) is 0 Å². The first-order valence-electron chi connectivity index (χ1n) is 9.12. The molecule has 0 saturated heterocycles. The van der Waals surface area contributed by atoms with Gasteiger partial charge in [0.1, 0.15) is 0 Å². The highest BCUT2D eigenvalue weighted by Gasteiger charge is 2.15. The van der Waals surface area contributed by atoms with Crippen LogP contribution in [0.25, 0.3) is 21.9 Å². The zero-order chi connectivity index (χ0) is 19.4. The third-order valence-electron chi connectivity index (χ3n) is 4.62. The summed E-state index contributed by atoms with van der Waals surface area (Å²) in [6, 6.07) is 16.0. The monoisotopic (exact) mass is 363 g/mol. The third-order valence-corrected chi connectivity index (χ3v) is 4.62. The van der Waals surface area contributed by atoms with Crippen LogP contribution in [-0.4, -0.2) is 26.7 Å². The molecule has 3 aromatic carbocycles. The van der Waals surface area contributed by atoms with Gasteiger partial charge in [-0.3, -0.25) is 4.79 Å². The molecular formula is C23H25NO3. The predicted octanol–water partition coefficient (Wildman–Crippen LogP) is 4.97. The minimum Gasteiger partial charge on any atom is -0.493 e. The quantitative estimate of drug-likeness (QED) is 0.672. The molecule has 0 aliphatic carbocycles. The molecule has 0 bridgehead atoms. The second kappa shape index (κ2) is 8.12. The molecule has 3 aromatic rings. The summed E-state index contributed by atoms with van der Waals surface area (Å²) in [6.07, 6.45) is 0.898. The minimum absolute atomic E-state index is 0.0677. The first-order valence-corrected chi connectivity index (χ1v) is 9.12. The van der Waals surface area contributed by atoms with Gasteiger partial charge >= 0.3 is 0 Å². The van der Waals surface area contributed by atoms with E-state index in [1.165, 1.54) is 5.56 Å². The Hall–Kier alpha value is -3.01. The van der Waals surface area contributed by atoms with Gasteiger partial charge in [-0.05, 0) is 59.5 Å². The van der Waals surface area contributed by atoms with Gasteiger partial charge in [-0.25, -0.2) is 0 Å². The van der Waals surface area contributed by atoms with Gasteiger partial charge in [0.05, 0.1) is 14.2 Å². The van der Waals surface area contributed by atoms with Crippen LogP contribution >= 0.6 is 0 Å². The maximum atomic E-state index is 12.6. The molecule has 0 radical (unpaired) electrons. The molecule has 0 fully saturated rings. The van der Waals surface area contributed by atoms with E-state index in [0.717, 1.165) is 28.3 Å². The fourth-order valence-electron chi connectivity index (χ4n) is 3.13. The van der Waals surface area contributed by atoms with Crippen LogP contribution < -0.4 is 14.8 Å². The SMILES string of the molecule is CCCNC(=O)c1cc(-c2ccc(C)cc2)c2cc(OC)c(OC)cc2c1. The molecule has 0 unspecified atom stereocenters. The maximum Gasteiger partial charge on any atom is 0.251 e. The first-order chi connectivity index (χ1) is 13.1. The summed E-state index contributed by atoms with van der Waals surface area (Å²) in [5.74, 6) is 1.24. The Morgan fingerprint density at radius 3 is 2.26 bits per heavy atom. The van der Waals surface area contributed by atoms with Crippen LogP contribution in [0.4, 0.5) is 0 Å². The number of fused-ring (bicyclic) bond motifs is 1. The summed E-state index contributed by atoms with van der Waals surface area (Å²) in [5, 5.41) is 4.91. The molecule has 1 amide bonds. The summed E-state index contributed by atoms with van der Waals surface area (Å²) >= 11 is 0. The maximum absolute atomic E-state index is 12.6. The van der Waals surface area contributed by atoms with Gasteiger partial charge in [0, 0.05) is 12.1 Å². The number of hydrogen-bond acceptors (Lipinski definition) is 3. The van der Waals surface area contributed by atoms with Crippen molar-refractivity contribution in [2.24, 2.45) is 0 Å². The number of amides is 1. The molecule has 0 spiro atoms. The standard InChI is InChI=1S/C23H25NO3/c1-5-10-24-23(25)18-11-17-13-21(26-3)22(27-4)14-20(17)19(12-18)16-8-6-15(2)7-9-16/h6-9,11-14H,5,10H2,1-4H3,(H,24,25). The highest BCUT2D eigenvalue weighted by atomic mass is 16.5. The van der Waals surface area contributed by atoms with Crippen LogP contribution in [0.3, 0.4) is 0 Å². The van der Waals surface area contributed by atoms with Crippen molar-refractivity contribution >= 4 is 16.7 Å². The smallest absolute Gasteiger partial charge is 0.251 e. The topological polar surface area (TPSA) is 47.6 Å². The highest BCUT2D eigenvalue weighted by molar-refractivity contribution is 6.05. The Balaban J connectivity index is 2.24. The van der Waals surface area contributed by atoms with Crippen LogP contribution in [0, 0.1) is 6.92 Å². The Bertz CT molecular complexity index is 962. The molecule has 27 heavy (non-hydrogen) atoms. The Kier molecular flexibility index (Phi) is 5.65. The molecule has 3 rings (SSSR count). The molecule has 4 nitrogen and oxygen atoms in total. The van der Waals surface area contributed by atoms with Crippen molar-refractivity contribution in [3.05, 3.63) is 59.7 Å². The van der Waals surface area contributed by atoms with E-state index < -0.39 is 0 Å². The van der Waals surface area contributed by atoms with Crippen molar-refractivity contribution in [3.63, 3.8) is 0 Å². The number of aryl methyl sites for hydroxylation is 1. The van der Waals surface area contributed by atoms with Crippen LogP contribution in [0.1, 0.15) is 29.3 Å². The first kappa shape index (κ1) is 18.8. The molecule has 0 saturated carbocycles. The lowest BCUT2D eigenvalue weighted by Crippen LogP contribution is -2.23. The average molecular weight is 363 g/mol. The van der Waals surface area contributed by atoms with Crippen molar-refractivity contribution < 1.29 is 14.3 Å². The lowest BCUT2D eigenvalue weighted by Gasteiger charge is -2.14. The number of benzene rings is 3. The van der Waals surface area contributed by atoms with E-state index in [1.807, 2.05) is 31.2 Å². The largest absolute Gasteiger partial charge is 0.493 e. The van der Waals surface area contributed by atoms with E-state index in [1.54, 1.807) is 14.2 Å². The lowest BCUT2D eigenvalue weighted by molar-refractivity contribution is 0.0954. The highest BCUT2D eigenvalue weighted by Crippen LogP contribution is 2.38. The fourth-order valence-corrected chi connectivity index (χ4v) is 3.13. The molecule has 0 aromatic heterocycles. The molecule has 140 valence electrons. The number of nitrogens with one attached hydrogen (secondary N) is 1. The van der Waals surface area contributed by atoms with Crippen LogP contribution in [0.2, 0.25) is 0 Å². The van der Waals surface area contributed by atoms with E-state index in [2.05, 4.69) is 36.5 Å². The third kappa shape index (κ3) is 3.90. The second-order valence-electron chi connectivity index (χ2n) is 6.57. The van der Waals surface area contributed by atoms with Crippen molar-refractivity contribution in [3.8, 4) is 22.6 Å². The molecule has 0 aliphatic heterocycles. The molecule has 1 N–H and O–H groups in total. The summed E-state index contributed by atoms with van der Waals surface area (Å²) in [4.78, 5) is 12.6. The fraction of sp³-hybridized carbons (Fsp3) is 0.261. The van der Waals surface area contributed by atoms with E-state index >= 15 is 0 Å². The van der Waals surface area contributed by atoms with Gasteiger partial charge in [-0.15, -0.1) is 0 Å². The van der Waals surface area contributed by atoms with Crippen molar-refractivity contribution in [1.82, 2.24) is 5.32 Å². The van der Waals surface area contributed by atoms with Crippen molar-refractivity contribution in [1.29, 1.82) is 0 Å². The average Bonchev–Trinajstić information content (AvgIpc) is 2.70. The zero-order valence-corrected chi connectivity index (χ0v) is 16.3. The molecule has 0 atom stereocenters. The summed E-state index contributed by atoms with van der Waals surface area (Å²) in [5.41, 5.74) is 3.89. The van der Waals surface area contributed by atoms with Crippen molar-refractivity contribution in [2.45, 2.75) is 20.3 Å². The molecule has 0 heterocycles. The Morgan fingerprint density at radius 2 is 1.63 bits per heavy atom. The predicted molar refractivity (Wildman–Crippen MR) is 110 cm³/mol. The number of rotatable bonds is 6. The molecule has 4 heteroatoms. The number of ether oxygens (including phenoxy) is 2. The van der Waals surface area contributed by atoms with E-state index in [0.29, 0.717) is 23.6 Å². The van der Waals surface area contributed by atoms with Gasteiger partial charge in [-0.2, -0.15) is 0 Å². The number of carbonyl (C=O) groups is 1. The van der Waals surface area contributed by atoms with E-state index in [9.17, 15) is 4.79 Å². The normalized spacial score (nSPS) is 10.7. The summed E-state index contributed by atoms with van der Waals surface area (Å²) < 4.78 is 10.9. The molecular weight excluding hydrogens is 338 g/mol. The Labute approximate surface area is 160 Å². The van der Waals surface area contributed by atoms with Crippen LogP contribution in [-0.2, 0) is 0 Å². The van der Waals surface area contributed by atoms with Gasteiger partial charge in [-0.1, -0.05) is 36.8 Å². The van der Waals surface area contributed by atoms with Gasteiger partial charge in [0.25, 0.3) is 5.91 Å². The number of hydrogen-bond donors (Lipinski definition) is 1. The number of carbonyl (C=O) groups excluding carboxylic acids is 1. The van der Waals surface area contributed by atoms with Crippen molar-refractivity contribution in [2.75, 3.05) is 20.8 Å². The van der Waals surface area contributed by atoms with Gasteiger partial charge < -0.3 is 14.8 Å². The number of methoxy groups -OCH3 is 2. The van der Waals surface area contributed by atoms with E-state index in [-0.39, 0.29) is 5.91 Å². The lowest BCUT2D eigenvalue weighted by atomic mass is 9.94. The summed E-state index contributed by atoms with van der Waals surface area (Å²) in [6.45, 7) is 4.75.